The van der Waals surface area contributed by atoms with E-state index in [-0.39, 0.29) is 0 Å². The Morgan fingerprint density at radius 1 is 0.846 bits per heavy atom. The van der Waals surface area contributed by atoms with Gasteiger partial charge in [0.15, 0.2) is 0 Å². The maximum absolute atomic E-state index is 2.22. The van der Waals surface area contributed by atoms with E-state index in [1.165, 1.54) is 0 Å². The van der Waals surface area contributed by atoms with Gasteiger partial charge in [0.05, 0.1) is 0 Å². The number of hydrogen-bond acceptors (Lipinski definition) is 0. The lowest BCUT2D eigenvalue weighted by Crippen LogP contribution is -1.84. The second-order valence-corrected chi connectivity index (χ2v) is 2.80. The molecule has 0 amide bonds. The summed E-state index contributed by atoms with van der Waals surface area (Å²) in [6.07, 6.45) is 18.0. The third kappa shape index (κ3) is 7.32. The van der Waals surface area contributed by atoms with Crippen molar-refractivity contribution in [3.8, 4) is 0 Å². The van der Waals surface area contributed by atoms with Crippen LogP contribution < -0.4 is 0 Å². The molecule has 13 heavy (non-hydrogen) atoms. The van der Waals surface area contributed by atoms with Gasteiger partial charge in [-0.25, -0.2) is 0 Å². The molecule has 0 saturated heterocycles. The summed E-state index contributed by atoms with van der Waals surface area (Å²) in [5.74, 6) is 0.655. The highest BCUT2D eigenvalue weighted by atomic mass is 14.0. The quantitative estimate of drug-likeness (QED) is 0.517. The zero-order valence-electron chi connectivity index (χ0n) is 8.90. The van der Waals surface area contributed by atoms with Crippen LogP contribution in [-0.4, -0.2) is 0 Å². The third-order valence-electron chi connectivity index (χ3n) is 1.64. The van der Waals surface area contributed by atoms with Crippen LogP contribution in [0.3, 0.4) is 0 Å². The smallest absolute Gasteiger partial charge is 0.0224 e. The van der Waals surface area contributed by atoms with E-state index in [9.17, 15) is 0 Å². The van der Waals surface area contributed by atoms with Crippen molar-refractivity contribution in [2.24, 2.45) is 5.92 Å². The highest BCUT2D eigenvalue weighted by Gasteiger charge is 1.90. The van der Waals surface area contributed by atoms with Crippen molar-refractivity contribution in [1.29, 1.82) is 0 Å². The average Bonchev–Trinajstić information content (AvgIpc) is 2.19. The van der Waals surface area contributed by atoms with Crippen molar-refractivity contribution >= 4 is 0 Å². The van der Waals surface area contributed by atoms with E-state index in [4.69, 9.17) is 0 Å². The SMILES string of the molecule is CC.CC1/C=C/C=C\C=C/C=C/C1. The first kappa shape index (κ1) is 12.0. The van der Waals surface area contributed by atoms with Crippen molar-refractivity contribution in [1.82, 2.24) is 0 Å². The van der Waals surface area contributed by atoms with Crippen LogP contribution >= 0.6 is 0 Å². The van der Waals surface area contributed by atoms with Gasteiger partial charge in [-0.05, 0) is 12.3 Å². The predicted molar refractivity (Wildman–Crippen MR) is 61.7 cm³/mol. The molecule has 0 heterocycles. The summed E-state index contributed by atoms with van der Waals surface area (Å²) in [5.41, 5.74) is 0. The van der Waals surface area contributed by atoms with E-state index < -0.39 is 0 Å². The van der Waals surface area contributed by atoms with Crippen molar-refractivity contribution in [3.05, 3.63) is 48.6 Å². The van der Waals surface area contributed by atoms with Gasteiger partial charge in [0.25, 0.3) is 0 Å². The molecule has 1 aliphatic carbocycles. The molecule has 1 unspecified atom stereocenters. The summed E-state index contributed by atoms with van der Waals surface area (Å²) in [6, 6.07) is 0. The minimum absolute atomic E-state index is 0.655. The maximum Gasteiger partial charge on any atom is -0.0224 e. The van der Waals surface area contributed by atoms with E-state index in [1.54, 1.807) is 0 Å². The van der Waals surface area contributed by atoms with E-state index >= 15 is 0 Å². The molecule has 0 heteroatoms. The lowest BCUT2D eigenvalue weighted by atomic mass is 10.1. The van der Waals surface area contributed by atoms with Crippen molar-refractivity contribution < 1.29 is 0 Å². The van der Waals surface area contributed by atoms with Gasteiger partial charge in [0.2, 0.25) is 0 Å². The summed E-state index contributed by atoms with van der Waals surface area (Å²) in [6.45, 7) is 6.22. The average molecular weight is 176 g/mol. The minimum atomic E-state index is 0.655. The molecule has 0 spiro atoms. The number of allylic oxidation sites excluding steroid dienone is 8. The number of hydrogen-bond donors (Lipinski definition) is 0. The fourth-order valence-electron chi connectivity index (χ4n) is 0.961. The first-order chi connectivity index (χ1) is 6.39. The molecular formula is C13H20. The van der Waals surface area contributed by atoms with E-state index in [2.05, 4.69) is 43.4 Å². The van der Waals surface area contributed by atoms with Crippen LogP contribution in [0, 0.1) is 5.92 Å². The van der Waals surface area contributed by atoms with Gasteiger partial charge >= 0.3 is 0 Å². The molecule has 0 bridgehead atoms. The fourth-order valence-corrected chi connectivity index (χ4v) is 0.961. The molecule has 1 aliphatic rings. The standard InChI is InChI=1S/C11H14.C2H6/c1-11-9-7-5-3-2-4-6-8-10-11;1-2/h2-9,11H,10H2,1H3;1-2H3/b4-2-,5-3-,8-6+,9-7+;. The summed E-state index contributed by atoms with van der Waals surface area (Å²) < 4.78 is 0. The third-order valence-corrected chi connectivity index (χ3v) is 1.64. The summed E-state index contributed by atoms with van der Waals surface area (Å²) in [7, 11) is 0. The summed E-state index contributed by atoms with van der Waals surface area (Å²) in [4.78, 5) is 0. The van der Waals surface area contributed by atoms with Crippen LogP contribution in [0.4, 0.5) is 0 Å². The van der Waals surface area contributed by atoms with Crippen LogP contribution in [0.2, 0.25) is 0 Å². The first-order valence-electron chi connectivity index (χ1n) is 5.06. The van der Waals surface area contributed by atoms with Crippen LogP contribution in [0.25, 0.3) is 0 Å². The molecule has 0 saturated carbocycles. The van der Waals surface area contributed by atoms with Crippen LogP contribution in [0.1, 0.15) is 27.2 Å². The van der Waals surface area contributed by atoms with Gasteiger partial charge in [-0.2, -0.15) is 0 Å². The Labute approximate surface area is 82.4 Å². The number of rotatable bonds is 0. The highest BCUT2D eigenvalue weighted by Crippen LogP contribution is 2.05. The van der Waals surface area contributed by atoms with Crippen LogP contribution in [0.15, 0.2) is 48.6 Å². The van der Waals surface area contributed by atoms with E-state index in [0.717, 1.165) is 6.42 Å². The topological polar surface area (TPSA) is 0 Å². The predicted octanol–water partition coefficient (Wildman–Crippen LogP) is 4.28. The molecule has 0 aliphatic heterocycles. The Morgan fingerprint density at radius 2 is 1.38 bits per heavy atom. The highest BCUT2D eigenvalue weighted by molar-refractivity contribution is 5.17. The molecule has 1 atom stereocenters. The maximum atomic E-state index is 2.22. The molecule has 0 fully saturated rings. The van der Waals surface area contributed by atoms with Crippen molar-refractivity contribution in [3.63, 3.8) is 0 Å². The molecule has 0 aromatic heterocycles. The van der Waals surface area contributed by atoms with Gasteiger partial charge in [-0.1, -0.05) is 69.4 Å². The molecule has 72 valence electrons. The monoisotopic (exact) mass is 176 g/mol. The Hall–Kier alpha value is -1.04. The zero-order valence-corrected chi connectivity index (χ0v) is 8.90. The lowest BCUT2D eigenvalue weighted by molar-refractivity contribution is 0.744. The molecule has 0 nitrogen and oxygen atoms in total. The van der Waals surface area contributed by atoms with Gasteiger partial charge < -0.3 is 0 Å². The van der Waals surface area contributed by atoms with Gasteiger partial charge in [-0.3, -0.25) is 0 Å². The molecule has 1 rings (SSSR count). The van der Waals surface area contributed by atoms with Crippen molar-refractivity contribution in [2.45, 2.75) is 27.2 Å². The summed E-state index contributed by atoms with van der Waals surface area (Å²) >= 11 is 0. The van der Waals surface area contributed by atoms with Crippen LogP contribution in [0.5, 0.6) is 0 Å². The van der Waals surface area contributed by atoms with Crippen molar-refractivity contribution in [2.75, 3.05) is 0 Å². The molecular weight excluding hydrogens is 156 g/mol. The second-order valence-electron chi connectivity index (χ2n) is 2.80. The first-order valence-corrected chi connectivity index (χ1v) is 5.06. The molecule has 0 aromatic rings. The summed E-state index contributed by atoms with van der Waals surface area (Å²) in [5, 5.41) is 0. The normalized spacial score (nSPS) is 30.5. The van der Waals surface area contributed by atoms with Gasteiger partial charge in [0.1, 0.15) is 0 Å². The molecule has 0 N–H and O–H groups in total. The Kier molecular flexibility index (Phi) is 8.33. The van der Waals surface area contributed by atoms with Gasteiger partial charge in [-0.15, -0.1) is 0 Å². The molecule has 0 radical (unpaired) electrons. The Morgan fingerprint density at radius 3 is 2.08 bits per heavy atom. The van der Waals surface area contributed by atoms with E-state index in [1.807, 2.05) is 26.0 Å². The van der Waals surface area contributed by atoms with Crippen LogP contribution in [-0.2, 0) is 0 Å². The Balaban J connectivity index is 0.000000671. The zero-order chi connectivity index (χ0) is 9.94. The largest absolute Gasteiger partial charge is 0.0840 e. The Bertz CT molecular complexity index is 204. The second kappa shape index (κ2) is 9.05. The van der Waals surface area contributed by atoms with Gasteiger partial charge in [0, 0.05) is 0 Å². The molecule has 0 aromatic carbocycles. The minimum Gasteiger partial charge on any atom is -0.0840 e. The van der Waals surface area contributed by atoms with E-state index in [0.29, 0.717) is 5.92 Å². The lowest BCUT2D eigenvalue weighted by Gasteiger charge is -1.99. The fraction of sp³-hybridized carbons (Fsp3) is 0.385.